The second-order valence-corrected chi connectivity index (χ2v) is 6.23. The molecule has 0 unspecified atom stereocenters. The molecule has 0 radical (unpaired) electrons. The molecule has 0 aromatic heterocycles. The van der Waals surface area contributed by atoms with Crippen molar-refractivity contribution >= 4 is 23.5 Å². The van der Waals surface area contributed by atoms with E-state index in [0.29, 0.717) is 28.3 Å². The van der Waals surface area contributed by atoms with Gasteiger partial charge in [-0.1, -0.05) is 0 Å². The number of methoxy groups -OCH3 is 2. The first-order valence-corrected chi connectivity index (χ1v) is 8.84. The molecule has 0 saturated carbocycles. The van der Waals surface area contributed by atoms with Gasteiger partial charge in [-0.25, -0.2) is 9.59 Å². The van der Waals surface area contributed by atoms with Gasteiger partial charge in [0.2, 0.25) is 0 Å². The molecule has 0 spiro atoms. The van der Waals surface area contributed by atoms with Gasteiger partial charge in [0.1, 0.15) is 0 Å². The van der Waals surface area contributed by atoms with E-state index in [1.165, 1.54) is 32.4 Å². The first-order chi connectivity index (χ1) is 13.8. The molecular formula is C21H23NO7. The van der Waals surface area contributed by atoms with E-state index >= 15 is 0 Å². The number of rotatable bonds is 8. The number of ether oxygens (including phenoxy) is 4. The maximum atomic E-state index is 12.1. The van der Waals surface area contributed by atoms with Crippen LogP contribution in [-0.2, 0) is 14.3 Å². The summed E-state index contributed by atoms with van der Waals surface area (Å²) in [5.41, 5.74) is 1.20. The van der Waals surface area contributed by atoms with E-state index in [-0.39, 0.29) is 12.7 Å². The van der Waals surface area contributed by atoms with Gasteiger partial charge >= 0.3 is 11.9 Å². The lowest BCUT2D eigenvalue weighted by molar-refractivity contribution is -0.118. The Hall–Kier alpha value is -3.55. The van der Waals surface area contributed by atoms with Crippen molar-refractivity contribution in [3.05, 3.63) is 53.6 Å². The van der Waals surface area contributed by atoms with Crippen LogP contribution in [0.5, 0.6) is 11.5 Å². The van der Waals surface area contributed by atoms with E-state index in [1.807, 2.05) is 0 Å². The Morgan fingerprint density at radius 3 is 2.14 bits per heavy atom. The number of anilines is 1. The second-order valence-electron chi connectivity index (χ2n) is 6.23. The zero-order valence-corrected chi connectivity index (χ0v) is 16.7. The molecule has 29 heavy (non-hydrogen) atoms. The monoisotopic (exact) mass is 401 g/mol. The smallest absolute Gasteiger partial charge is 0.338 e. The summed E-state index contributed by atoms with van der Waals surface area (Å²) in [6.07, 6.45) is -0.210. The van der Waals surface area contributed by atoms with Crippen molar-refractivity contribution in [3.63, 3.8) is 0 Å². The van der Waals surface area contributed by atoms with E-state index in [9.17, 15) is 14.4 Å². The number of esters is 2. The summed E-state index contributed by atoms with van der Waals surface area (Å²) in [5, 5.41) is 2.66. The van der Waals surface area contributed by atoms with E-state index in [2.05, 4.69) is 10.1 Å². The van der Waals surface area contributed by atoms with Crippen molar-refractivity contribution in [3.8, 4) is 11.5 Å². The van der Waals surface area contributed by atoms with Gasteiger partial charge in [0.25, 0.3) is 5.91 Å². The predicted molar refractivity (Wildman–Crippen MR) is 105 cm³/mol. The lowest BCUT2D eigenvalue weighted by Crippen LogP contribution is -2.20. The van der Waals surface area contributed by atoms with Crippen LogP contribution in [0.25, 0.3) is 0 Å². The summed E-state index contributed by atoms with van der Waals surface area (Å²) in [4.78, 5) is 35.5. The van der Waals surface area contributed by atoms with Crippen molar-refractivity contribution in [2.24, 2.45) is 0 Å². The van der Waals surface area contributed by atoms with Crippen LogP contribution in [0.3, 0.4) is 0 Å². The zero-order chi connectivity index (χ0) is 21.4. The number of amides is 1. The molecule has 0 aliphatic rings. The Bertz CT molecular complexity index is 875. The van der Waals surface area contributed by atoms with Gasteiger partial charge in [-0.15, -0.1) is 0 Å². The van der Waals surface area contributed by atoms with Gasteiger partial charge < -0.3 is 24.3 Å². The summed E-state index contributed by atoms with van der Waals surface area (Å²) in [6, 6.07) is 10.8. The second kappa shape index (κ2) is 10.1. The minimum atomic E-state index is -0.506. The number of carbonyl (C=O) groups excluding carboxylic acids is 3. The number of hydrogen-bond donors (Lipinski definition) is 1. The highest BCUT2D eigenvalue weighted by atomic mass is 16.5. The van der Waals surface area contributed by atoms with Gasteiger partial charge in [-0.05, 0) is 56.3 Å². The lowest BCUT2D eigenvalue weighted by Gasteiger charge is -2.12. The molecule has 0 atom stereocenters. The Kier molecular flexibility index (Phi) is 7.59. The maximum absolute atomic E-state index is 12.1. The van der Waals surface area contributed by atoms with E-state index in [4.69, 9.17) is 14.2 Å². The summed E-state index contributed by atoms with van der Waals surface area (Å²) in [6.45, 7) is 3.26. The fourth-order valence-electron chi connectivity index (χ4n) is 2.34. The lowest BCUT2D eigenvalue weighted by atomic mass is 10.2. The number of benzene rings is 2. The normalized spacial score (nSPS) is 10.2. The molecule has 0 heterocycles. The molecule has 0 bridgehead atoms. The fourth-order valence-corrected chi connectivity index (χ4v) is 2.34. The third-order valence-electron chi connectivity index (χ3n) is 3.69. The third kappa shape index (κ3) is 6.24. The average Bonchev–Trinajstić information content (AvgIpc) is 2.71. The van der Waals surface area contributed by atoms with Crippen LogP contribution in [0.4, 0.5) is 5.69 Å². The van der Waals surface area contributed by atoms with E-state index in [0.717, 1.165) is 0 Å². The highest BCUT2D eigenvalue weighted by Gasteiger charge is 2.13. The summed E-state index contributed by atoms with van der Waals surface area (Å²) in [5.74, 6) is -0.727. The van der Waals surface area contributed by atoms with Gasteiger partial charge in [0.15, 0.2) is 18.1 Å². The quantitative estimate of drug-likeness (QED) is 0.679. The molecule has 0 saturated heterocycles. The Balaban J connectivity index is 1.94. The zero-order valence-electron chi connectivity index (χ0n) is 16.7. The topological polar surface area (TPSA) is 100 Å². The van der Waals surface area contributed by atoms with Crippen molar-refractivity contribution in [2.75, 3.05) is 26.1 Å². The van der Waals surface area contributed by atoms with Crippen LogP contribution >= 0.6 is 0 Å². The van der Waals surface area contributed by atoms with Gasteiger partial charge in [-0.2, -0.15) is 0 Å². The average molecular weight is 401 g/mol. The van der Waals surface area contributed by atoms with Gasteiger partial charge in [0.05, 0.1) is 31.5 Å². The largest absolute Gasteiger partial charge is 0.493 e. The summed E-state index contributed by atoms with van der Waals surface area (Å²) >= 11 is 0. The Morgan fingerprint density at radius 2 is 1.55 bits per heavy atom. The van der Waals surface area contributed by atoms with Crippen LogP contribution in [-0.4, -0.2) is 44.8 Å². The molecule has 2 aromatic rings. The molecule has 8 nitrogen and oxygen atoms in total. The van der Waals surface area contributed by atoms with Crippen molar-refractivity contribution in [1.82, 2.24) is 0 Å². The molecular weight excluding hydrogens is 378 g/mol. The van der Waals surface area contributed by atoms with Crippen molar-refractivity contribution in [2.45, 2.75) is 20.0 Å². The highest BCUT2D eigenvalue weighted by Crippen LogP contribution is 2.28. The highest BCUT2D eigenvalue weighted by molar-refractivity contribution is 5.94. The molecule has 2 aromatic carbocycles. The van der Waals surface area contributed by atoms with Crippen molar-refractivity contribution < 1.29 is 33.3 Å². The molecule has 2 rings (SSSR count). The van der Waals surface area contributed by atoms with Crippen LogP contribution in [0.15, 0.2) is 42.5 Å². The van der Waals surface area contributed by atoms with Crippen LogP contribution in [0, 0.1) is 0 Å². The minimum Gasteiger partial charge on any atom is -0.493 e. The first kappa shape index (κ1) is 21.7. The summed E-state index contributed by atoms with van der Waals surface area (Å²) < 4.78 is 20.4. The predicted octanol–water partition coefficient (Wildman–Crippen LogP) is 3.06. The maximum Gasteiger partial charge on any atom is 0.338 e. The van der Waals surface area contributed by atoms with E-state index in [1.54, 1.807) is 38.1 Å². The van der Waals surface area contributed by atoms with Crippen LogP contribution < -0.4 is 14.8 Å². The molecule has 0 aliphatic carbocycles. The van der Waals surface area contributed by atoms with Gasteiger partial charge in [0, 0.05) is 5.69 Å². The molecule has 1 amide bonds. The Labute approximate surface area is 168 Å². The molecule has 0 aliphatic heterocycles. The van der Waals surface area contributed by atoms with Crippen molar-refractivity contribution in [1.29, 1.82) is 0 Å². The number of hydrogen-bond acceptors (Lipinski definition) is 7. The standard InChI is InChI=1S/C21H23NO7/c1-13(2)29-21(25)14-5-8-16(9-6-14)22-19(23)12-28-17-10-7-15(20(24)27-4)11-18(17)26-3/h5-11,13H,12H2,1-4H3,(H,22,23). The van der Waals surface area contributed by atoms with E-state index < -0.39 is 17.8 Å². The first-order valence-electron chi connectivity index (χ1n) is 8.84. The molecule has 154 valence electrons. The SMILES string of the molecule is COC(=O)c1ccc(OCC(=O)Nc2ccc(C(=O)OC(C)C)cc2)c(OC)c1. The van der Waals surface area contributed by atoms with Crippen LogP contribution in [0.2, 0.25) is 0 Å². The number of nitrogens with one attached hydrogen (secondary N) is 1. The number of carbonyl (C=O) groups is 3. The Morgan fingerprint density at radius 1 is 0.897 bits per heavy atom. The minimum absolute atomic E-state index is 0.210. The molecule has 8 heteroatoms. The molecule has 1 N–H and O–H groups in total. The summed E-state index contributed by atoms with van der Waals surface area (Å²) in [7, 11) is 2.71. The third-order valence-corrected chi connectivity index (χ3v) is 3.69. The van der Waals surface area contributed by atoms with Crippen LogP contribution in [0.1, 0.15) is 34.6 Å². The van der Waals surface area contributed by atoms with Gasteiger partial charge in [-0.3, -0.25) is 4.79 Å². The molecule has 0 fully saturated rings. The fraction of sp³-hybridized carbons (Fsp3) is 0.286.